The molecule has 0 aliphatic carbocycles. The smallest absolute Gasteiger partial charge is 0.191 e. The molecule has 5 heteroatoms. The van der Waals surface area contributed by atoms with Crippen LogP contribution in [0, 0.1) is 0 Å². The molecule has 0 spiro atoms. The van der Waals surface area contributed by atoms with Crippen LogP contribution in [-0.2, 0) is 0 Å². The highest BCUT2D eigenvalue weighted by Gasteiger charge is 2.02. The van der Waals surface area contributed by atoms with Gasteiger partial charge in [0, 0.05) is 0 Å². The number of thiocarbonyl (C=S) groups is 1. The number of methoxy groups -OCH3 is 1. The summed E-state index contributed by atoms with van der Waals surface area (Å²) in [5.41, 5.74) is 5.92. The molecule has 0 fully saturated rings. The molecule has 0 heterocycles. The number of hydrogen-bond donors (Lipinski definition) is 2. The first kappa shape index (κ1) is 17.0. The molecular formula is C18H21N3OS. The number of rotatable bonds is 5. The van der Waals surface area contributed by atoms with E-state index in [-0.39, 0.29) is 0 Å². The quantitative estimate of drug-likeness (QED) is 0.492. The zero-order valence-electron chi connectivity index (χ0n) is 13.5. The molecule has 0 aliphatic rings. The van der Waals surface area contributed by atoms with E-state index in [4.69, 9.17) is 17.0 Å². The van der Waals surface area contributed by atoms with E-state index < -0.39 is 0 Å². The van der Waals surface area contributed by atoms with Crippen LogP contribution in [0.15, 0.2) is 53.6 Å². The lowest BCUT2D eigenvalue weighted by Crippen LogP contribution is -2.24. The van der Waals surface area contributed by atoms with E-state index in [0.29, 0.717) is 11.0 Å². The summed E-state index contributed by atoms with van der Waals surface area (Å²) in [6.07, 6.45) is 1.74. The Morgan fingerprint density at radius 3 is 2.48 bits per heavy atom. The Balaban J connectivity index is 1.91. The maximum Gasteiger partial charge on any atom is 0.191 e. The SMILES string of the molecule is COc1ccccc1NC(=S)N/N=C/c1ccc(C(C)C)cc1. The zero-order valence-corrected chi connectivity index (χ0v) is 14.4. The first-order valence-electron chi connectivity index (χ1n) is 7.43. The lowest BCUT2D eigenvalue weighted by molar-refractivity contribution is 0.417. The maximum atomic E-state index is 5.26. The van der Waals surface area contributed by atoms with E-state index in [1.54, 1.807) is 13.3 Å². The minimum Gasteiger partial charge on any atom is -0.495 e. The lowest BCUT2D eigenvalue weighted by Gasteiger charge is -2.10. The van der Waals surface area contributed by atoms with Crippen molar-refractivity contribution in [2.75, 3.05) is 12.4 Å². The average Bonchev–Trinajstić information content (AvgIpc) is 2.56. The Morgan fingerprint density at radius 2 is 1.83 bits per heavy atom. The third kappa shape index (κ3) is 5.07. The molecule has 0 saturated carbocycles. The highest BCUT2D eigenvalue weighted by atomic mass is 32.1. The van der Waals surface area contributed by atoms with Crippen LogP contribution in [0.4, 0.5) is 5.69 Å². The molecule has 0 atom stereocenters. The standard InChI is InChI=1S/C18H21N3OS/c1-13(2)15-10-8-14(9-11-15)12-19-21-18(23)20-16-6-4-5-7-17(16)22-3/h4-13H,1-3H3,(H2,20,21,23)/b19-12+. The van der Waals surface area contributed by atoms with Gasteiger partial charge >= 0.3 is 0 Å². The molecule has 2 aromatic rings. The van der Waals surface area contributed by atoms with E-state index in [2.05, 4.69) is 41.8 Å². The Hall–Kier alpha value is -2.40. The largest absolute Gasteiger partial charge is 0.495 e. The number of hydrazone groups is 1. The van der Waals surface area contributed by atoms with Crippen LogP contribution in [0.1, 0.15) is 30.9 Å². The van der Waals surface area contributed by atoms with E-state index in [0.717, 1.165) is 17.0 Å². The Morgan fingerprint density at radius 1 is 1.13 bits per heavy atom. The number of para-hydroxylation sites is 2. The van der Waals surface area contributed by atoms with E-state index in [1.165, 1.54) is 5.56 Å². The van der Waals surface area contributed by atoms with E-state index >= 15 is 0 Å². The molecule has 0 saturated heterocycles. The van der Waals surface area contributed by atoms with Crippen molar-refractivity contribution in [1.29, 1.82) is 0 Å². The summed E-state index contributed by atoms with van der Waals surface area (Å²) in [6, 6.07) is 15.9. The fraction of sp³-hybridized carbons (Fsp3) is 0.222. The third-order valence-corrected chi connectivity index (χ3v) is 3.53. The van der Waals surface area contributed by atoms with Crippen LogP contribution in [0.3, 0.4) is 0 Å². The molecule has 0 unspecified atom stereocenters. The molecule has 2 aromatic carbocycles. The van der Waals surface area contributed by atoms with Crippen molar-refractivity contribution < 1.29 is 4.74 Å². The van der Waals surface area contributed by atoms with E-state index in [9.17, 15) is 0 Å². The van der Waals surface area contributed by atoms with Gasteiger partial charge in [0.25, 0.3) is 0 Å². The number of nitrogens with zero attached hydrogens (tertiary/aromatic N) is 1. The van der Waals surface area contributed by atoms with Crippen LogP contribution in [0.2, 0.25) is 0 Å². The molecular weight excluding hydrogens is 306 g/mol. The van der Waals surface area contributed by atoms with Crippen LogP contribution in [-0.4, -0.2) is 18.4 Å². The highest BCUT2D eigenvalue weighted by Crippen LogP contribution is 2.22. The van der Waals surface area contributed by atoms with Gasteiger partial charge in [-0.2, -0.15) is 5.10 Å². The van der Waals surface area contributed by atoms with Gasteiger partial charge in [0.1, 0.15) is 5.75 Å². The van der Waals surface area contributed by atoms with Gasteiger partial charge in [-0.15, -0.1) is 0 Å². The van der Waals surface area contributed by atoms with Crippen LogP contribution in [0.5, 0.6) is 5.75 Å². The van der Waals surface area contributed by atoms with Crippen molar-refractivity contribution in [2.45, 2.75) is 19.8 Å². The maximum absolute atomic E-state index is 5.26. The van der Waals surface area contributed by atoms with Crippen LogP contribution >= 0.6 is 12.2 Å². The molecule has 2 N–H and O–H groups in total. The number of anilines is 1. The third-order valence-electron chi connectivity index (χ3n) is 3.34. The second-order valence-corrected chi connectivity index (χ2v) is 5.75. The Kier molecular flexibility index (Phi) is 6.11. The van der Waals surface area contributed by atoms with Crippen molar-refractivity contribution >= 4 is 29.2 Å². The second-order valence-electron chi connectivity index (χ2n) is 5.35. The summed E-state index contributed by atoms with van der Waals surface area (Å²) in [6.45, 7) is 4.35. The summed E-state index contributed by atoms with van der Waals surface area (Å²) < 4.78 is 5.26. The summed E-state index contributed by atoms with van der Waals surface area (Å²) in [5.74, 6) is 1.25. The molecule has 0 aliphatic heterocycles. The van der Waals surface area contributed by atoms with Crippen molar-refractivity contribution in [3.63, 3.8) is 0 Å². The van der Waals surface area contributed by atoms with Crippen LogP contribution < -0.4 is 15.5 Å². The Labute approximate surface area is 142 Å². The van der Waals surface area contributed by atoms with Crippen molar-refractivity contribution in [1.82, 2.24) is 5.43 Å². The van der Waals surface area contributed by atoms with Gasteiger partial charge in [-0.3, -0.25) is 5.43 Å². The number of benzene rings is 2. The minimum absolute atomic E-state index is 0.407. The van der Waals surface area contributed by atoms with Crippen LogP contribution in [0.25, 0.3) is 0 Å². The normalized spacial score (nSPS) is 10.8. The summed E-state index contributed by atoms with van der Waals surface area (Å²) >= 11 is 5.22. The minimum atomic E-state index is 0.407. The molecule has 0 bridgehead atoms. The van der Waals surface area contributed by atoms with Crippen molar-refractivity contribution in [3.8, 4) is 5.75 Å². The van der Waals surface area contributed by atoms with Gasteiger partial charge in [0.05, 0.1) is 19.0 Å². The second kappa shape index (κ2) is 8.29. The fourth-order valence-electron chi connectivity index (χ4n) is 2.03. The number of nitrogens with one attached hydrogen (secondary N) is 2. The molecule has 0 aromatic heterocycles. The first-order chi connectivity index (χ1) is 11.1. The molecule has 120 valence electrons. The average molecular weight is 327 g/mol. The van der Waals surface area contributed by atoms with Crippen molar-refractivity contribution in [3.05, 3.63) is 59.7 Å². The number of ether oxygens (including phenoxy) is 1. The summed E-state index contributed by atoms with van der Waals surface area (Å²) in [4.78, 5) is 0. The topological polar surface area (TPSA) is 45.6 Å². The highest BCUT2D eigenvalue weighted by molar-refractivity contribution is 7.80. The Bertz CT molecular complexity index is 681. The molecule has 23 heavy (non-hydrogen) atoms. The predicted octanol–water partition coefficient (Wildman–Crippen LogP) is 4.14. The van der Waals surface area contributed by atoms with E-state index in [1.807, 2.05) is 36.4 Å². The molecule has 0 amide bonds. The summed E-state index contributed by atoms with van der Waals surface area (Å²) in [5, 5.41) is 7.61. The fourth-order valence-corrected chi connectivity index (χ4v) is 2.19. The van der Waals surface area contributed by atoms with Crippen molar-refractivity contribution in [2.24, 2.45) is 5.10 Å². The monoisotopic (exact) mass is 327 g/mol. The number of hydrogen-bond acceptors (Lipinski definition) is 3. The van der Waals surface area contributed by atoms with Gasteiger partial charge in [0.2, 0.25) is 0 Å². The van der Waals surface area contributed by atoms with Gasteiger partial charge in [0.15, 0.2) is 5.11 Å². The van der Waals surface area contributed by atoms with Gasteiger partial charge < -0.3 is 10.1 Å². The zero-order chi connectivity index (χ0) is 16.7. The molecule has 2 rings (SSSR count). The lowest BCUT2D eigenvalue weighted by atomic mass is 10.0. The summed E-state index contributed by atoms with van der Waals surface area (Å²) in [7, 11) is 1.62. The predicted molar refractivity (Wildman–Crippen MR) is 100 cm³/mol. The van der Waals surface area contributed by atoms with Gasteiger partial charge in [-0.05, 0) is 41.4 Å². The van der Waals surface area contributed by atoms with Gasteiger partial charge in [-0.1, -0.05) is 50.2 Å². The molecule has 4 nitrogen and oxygen atoms in total. The van der Waals surface area contributed by atoms with Gasteiger partial charge in [-0.25, -0.2) is 0 Å². The molecule has 0 radical (unpaired) electrons. The first-order valence-corrected chi connectivity index (χ1v) is 7.84.